The van der Waals surface area contributed by atoms with Gasteiger partial charge in [0, 0.05) is 11.8 Å². The number of aryl methyl sites for hydroxylation is 1. The van der Waals surface area contributed by atoms with E-state index in [1.165, 1.54) is 44.9 Å². The van der Waals surface area contributed by atoms with Crippen molar-refractivity contribution >= 4 is 5.97 Å². The maximum absolute atomic E-state index is 11.5. The van der Waals surface area contributed by atoms with Gasteiger partial charge in [0.2, 0.25) is 0 Å². The summed E-state index contributed by atoms with van der Waals surface area (Å²) in [5.74, 6) is -0.439. The lowest BCUT2D eigenvalue weighted by atomic mass is 9.99. The largest absolute Gasteiger partial charge is 0.543 e. The van der Waals surface area contributed by atoms with Crippen molar-refractivity contribution in [2.24, 2.45) is 0 Å². The number of pyridine rings is 1. The maximum atomic E-state index is 11.5. The first-order valence-corrected chi connectivity index (χ1v) is 11.1. The van der Waals surface area contributed by atoms with Crippen LogP contribution in [0.4, 0.5) is 0 Å². The Labute approximate surface area is 175 Å². The molecule has 1 aromatic heterocycles. The van der Waals surface area contributed by atoms with Crippen LogP contribution < -0.4 is 9.84 Å². The van der Waals surface area contributed by atoms with Crippen LogP contribution in [0.3, 0.4) is 0 Å². The molecule has 0 fully saturated rings. The number of ether oxygens (including phenoxy) is 1. The summed E-state index contributed by atoms with van der Waals surface area (Å²) in [6.45, 7) is 5.10. The number of unbranched alkanes of at least 4 members (excludes halogenated alkanes) is 7. The summed E-state index contributed by atoms with van der Waals surface area (Å²) >= 11 is 0. The summed E-state index contributed by atoms with van der Waals surface area (Å²) in [7, 11) is 0. The van der Waals surface area contributed by atoms with E-state index >= 15 is 0 Å². The van der Waals surface area contributed by atoms with Crippen LogP contribution in [0, 0.1) is 0 Å². The molecule has 4 heteroatoms. The minimum Gasteiger partial charge on any atom is -0.543 e. The Balaban J connectivity index is 2.04. The third kappa shape index (κ3) is 7.88. The SMILES string of the molecule is CCCCCCCc1cnc(C(=O)[O-])c(-c2ccc(OCCCCCC)cc2)c1. The number of carbonyl (C=O) groups excluding carboxylic acids is 1. The summed E-state index contributed by atoms with van der Waals surface area (Å²) in [6, 6.07) is 9.53. The standard InChI is InChI=1S/C25H35NO3/c1-3-5-7-9-10-12-20-18-23(24(25(27)28)26-19-20)21-13-15-22(16-14-21)29-17-11-8-6-4-2/h13-16,18-19H,3-12,17H2,1-2H3,(H,27,28)/p-1. The number of benzene rings is 1. The van der Waals surface area contributed by atoms with E-state index < -0.39 is 5.97 Å². The number of aromatic nitrogens is 1. The monoisotopic (exact) mass is 396 g/mol. The van der Waals surface area contributed by atoms with Gasteiger partial charge in [0.15, 0.2) is 0 Å². The molecular weight excluding hydrogens is 362 g/mol. The first-order valence-electron chi connectivity index (χ1n) is 11.1. The highest BCUT2D eigenvalue weighted by Gasteiger charge is 2.10. The average Bonchev–Trinajstić information content (AvgIpc) is 2.73. The first kappa shape index (κ1) is 22.9. The molecule has 0 bridgehead atoms. The number of carbonyl (C=O) groups is 1. The lowest BCUT2D eigenvalue weighted by molar-refractivity contribution is -0.255. The number of rotatable bonds is 14. The lowest BCUT2D eigenvalue weighted by Gasteiger charge is -2.13. The predicted molar refractivity (Wildman–Crippen MR) is 116 cm³/mol. The van der Waals surface area contributed by atoms with E-state index in [9.17, 15) is 9.90 Å². The fourth-order valence-corrected chi connectivity index (χ4v) is 3.41. The average molecular weight is 397 g/mol. The van der Waals surface area contributed by atoms with Gasteiger partial charge in [-0.25, -0.2) is 0 Å². The summed E-state index contributed by atoms with van der Waals surface area (Å²) in [4.78, 5) is 15.7. The molecule has 158 valence electrons. The molecule has 4 nitrogen and oxygen atoms in total. The molecule has 0 aliphatic heterocycles. The lowest BCUT2D eigenvalue weighted by Crippen LogP contribution is -2.24. The molecule has 0 radical (unpaired) electrons. The van der Waals surface area contributed by atoms with Crippen LogP contribution in [0.15, 0.2) is 36.5 Å². The normalized spacial score (nSPS) is 10.8. The molecule has 2 aromatic rings. The molecule has 29 heavy (non-hydrogen) atoms. The second kappa shape index (κ2) is 13.0. The van der Waals surface area contributed by atoms with Crippen LogP contribution >= 0.6 is 0 Å². The second-order valence-corrected chi connectivity index (χ2v) is 7.62. The third-order valence-corrected chi connectivity index (χ3v) is 5.14. The highest BCUT2D eigenvalue weighted by molar-refractivity contribution is 5.92. The van der Waals surface area contributed by atoms with E-state index in [0.29, 0.717) is 12.2 Å². The van der Waals surface area contributed by atoms with E-state index in [2.05, 4.69) is 18.8 Å². The van der Waals surface area contributed by atoms with Gasteiger partial charge in [-0.05, 0) is 48.6 Å². The van der Waals surface area contributed by atoms with Gasteiger partial charge in [-0.3, -0.25) is 4.98 Å². The molecule has 0 atom stereocenters. The molecular formula is C25H34NO3-. The Morgan fingerprint density at radius 3 is 2.24 bits per heavy atom. The van der Waals surface area contributed by atoms with Crippen molar-refractivity contribution in [1.29, 1.82) is 0 Å². The molecule has 1 heterocycles. The summed E-state index contributed by atoms with van der Waals surface area (Å²) in [6.07, 6.45) is 13.3. The van der Waals surface area contributed by atoms with Gasteiger partial charge in [0.25, 0.3) is 0 Å². The summed E-state index contributed by atoms with van der Waals surface area (Å²) in [5.41, 5.74) is 2.50. The molecule has 0 spiro atoms. The van der Waals surface area contributed by atoms with Crippen LogP contribution in [-0.2, 0) is 6.42 Å². The second-order valence-electron chi connectivity index (χ2n) is 7.62. The van der Waals surface area contributed by atoms with E-state index in [1.807, 2.05) is 30.3 Å². The first-order chi connectivity index (χ1) is 14.2. The van der Waals surface area contributed by atoms with Gasteiger partial charge in [-0.2, -0.15) is 0 Å². The number of hydrogen-bond donors (Lipinski definition) is 0. The zero-order chi connectivity index (χ0) is 20.9. The van der Waals surface area contributed by atoms with Gasteiger partial charge in [-0.15, -0.1) is 0 Å². The Hall–Kier alpha value is -2.36. The van der Waals surface area contributed by atoms with Crippen molar-refractivity contribution < 1.29 is 14.6 Å². The maximum Gasteiger partial charge on any atom is 0.119 e. The van der Waals surface area contributed by atoms with E-state index in [1.54, 1.807) is 6.20 Å². The van der Waals surface area contributed by atoms with Gasteiger partial charge < -0.3 is 14.6 Å². The quantitative estimate of drug-likeness (QED) is 0.391. The highest BCUT2D eigenvalue weighted by atomic mass is 16.5. The van der Waals surface area contributed by atoms with Crippen LogP contribution in [-0.4, -0.2) is 17.6 Å². The van der Waals surface area contributed by atoms with Crippen molar-refractivity contribution in [3.8, 4) is 16.9 Å². The van der Waals surface area contributed by atoms with Crippen LogP contribution in [0.5, 0.6) is 5.75 Å². The van der Waals surface area contributed by atoms with Crippen molar-refractivity contribution in [3.05, 3.63) is 47.8 Å². The topological polar surface area (TPSA) is 62.2 Å². The zero-order valence-electron chi connectivity index (χ0n) is 17.9. The Morgan fingerprint density at radius 2 is 1.59 bits per heavy atom. The van der Waals surface area contributed by atoms with Gasteiger partial charge >= 0.3 is 0 Å². The highest BCUT2D eigenvalue weighted by Crippen LogP contribution is 2.26. The molecule has 0 saturated carbocycles. The smallest absolute Gasteiger partial charge is 0.119 e. The minimum atomic E-state index is -1.24. The van der Waals surface area contributed by atoms with E-state index in [0.717, 1.165) is 36.1 Å². The molecule has 1 aromatic carbocycles. The number of hydrogen-bond acceptors (Lipinski definition) is 4. The minimum absolute atomic E-state index is 0.00651. The predicted octanol–water partition coefficient (Wildman–Crippen LogP) is 5.58. The van der Waals surface area contributed by atoms with Crippen molar-refractivity contribution in [2.75, 3.05) is 6.61 Å². The van der Waals surface area contributed by atoms with Crippen molar-refractivity contribution in [2.45, 2.75) is 78.1 Å². The molecule has 0 saturated heterocycles. The van der Waals surface area contributed by atoms with E-state index in [4.69, 9.17) is 4.74 Å². The molecule has 0 aliphatic carbocycles. The molecule has 0 unspecified atom stereocenters. The fourth-order valence-electron chi connectivity index (χ4n) is 3.41. The Bertz CT molecular complexity index is 740. The number of nitrogens with zero attached hydrogens (tertiary/aromatic N) is 1. The van der Waals surface area contributed by atoms with Gasteiger partial charge in [0.1, 0.15) is 5.75 Å². The van der Waals surface area contributed by atoms with Crippen molar-refractivity contribution in [3.63, 3.8) is 0 Å². The number of carboxylic acids is 1. The summed E-state index contributed by atoms with van der Waals surface area (Å²) < 4.78 is 5.79. The third-order valence-electron chi connectivity index (χ3n) is 5.14. The number of aromatic carboxylic acids is 1. The van der Waals surface area contributed by atoms with Gasteiger partial charge in [0.05, 0.1) is 18.3 Å². The van der Waals surface area contributed by atoms with E-state index in [-0.39, 0.29) is 5.69 Å². The zero-order valence-corrected chi connectivity index (χ0v) is 17.9. The Morgan fingerprint density at radius 1 is 0.931 bits per heavy atom. The fraction of sp³-hybridized carbons (Fsp3) is 0.520. The van der Waals surface area contributed by atoms with Crippen LogP contribution in [0.2, 0.25) is 0 Å². The summed E-state index contributed by atoms with van der Waals surface area (Å²) in [5, 5.41) is 11.5. The molecule has 0 N–H and O–H groups in total. The van der Waals surface area contributed by atoms with Crippen LogP contribution in [0.25, 0.3) is 11.1 Å². The number of carboxylic acid groups (broad SMARTS) is 1. The Kier molecular flexibility index (Phi) is 10.3. The van der Waals surface area contributed by atoms with Crippen LogP contribution in [0.1, 0.15) is 87.7 Å². The molecule has 2 rings (SSSR count). The molecule has 0 aliphatic rings. The van der Waals surface area contributed by atoms with Gasteiger partial charge in [-0.1, -0.05) is 70.9 Å². The molecule has 0 amide bonds. The van der Waals surface area contributed by atoms with Crippen molar-refractivity contribution in [1.82, 2.24) is 4.98 Å².